The molecular weight excluding hydrogens is 124 g/mol. The molecule has 0 amide bonds. The van der Waals surface area contributed by atoms with Gasteiger partial charge in [0.15, 0.2) is 0 Å². The number of hydrogen-bond acceptors (Lipinski definition) is 1. The standard InChI is InChI=1S/C9H18O/c1-9(2)7-5-3-4-6-8-10/h5,7,9-10H,3-4,6,8H2,1-2H3. The molecule has 0 aliphatic rings. The second kappa shape index (κ2) is 6.81. The lowest BCUT2D eigenvalue weighted by molar-refractivity contribution is 0.285. The monoisotopic (exact) mass is 142 g/mol. The van der Waals surface area contributed by atoms with Crippen molar-refractivity contribution in [2.24, 2.45) is 5.92 Å². The van der Waals surface area contributed by atoms with Crippen molar-refractivity contribution < 1.29 is 5.11 Å². The Labute approximate surface area is 63.8 Å². The topological polar surface area (TPSA) is 20.2 Å². The Morgan fingerprint density at radius 2 is 2.00 bits per heavy atom. The largest absolute Gasteiger partial charge is 0.396 e. The van der Waals surface area contributed by atoms with Gasteiger partial charge in [-0.15, -0.1) is 0 Å². The van der Waals surface area contributed by atoms with Gasteiger partial charge >= 0.3 is 0 Å². The van der Waals surface area contributed by atoms with Crippen LogP contribution in [0, 0.1) is 5.92 Å². The van der Waals surface area contributed by atoms with Crippen LogP contribution in [0.5, 0.6) is 0 Å². The average molecular weight is 142 g/mol. The van der Waals surface area contributed by atoms with E-state index in [1.54, 1.807) is 0 Å². The molecule has 0 saturated heterocycles. The molecule has 60 valence electrons. The number of hydrogen-bond donors (Lipinski definition) is 1. The summed E-state index contributed by atoms with van der Waals surface area (Å²) in [6.07, 6.45) is 7.55. The van der Waals surface area contributed by atoms with Crippen LogP contribution in [0.2, 0.25) is 0 Å². The summed E-state index contributed by atoms with van der Waals surface area (Å²) in [5.74, 6) is 0.661. The van der Waals surface area contributed by atoms with Gasteiger partial charge in [0.1, 0.15) is 0 Å². The fourth-order valence-electron chi connectivity index (χ4n) is 0.742. The molecule has 0 aliphatic carbocycles. The molecule has 0 fully saturated rings. The Bertz CT molecular complexity index is 84.7. The smallest absolute Gasteiger partial charge is 0.0431 e. The maximum absolute atomic E-state index is 8.45. The van der Waals surface area contributed by atoms with Crippen LogP contribution in [-0.4, -0.2) is 11.7 Å². The van der Waals surface area contributed by atoms with Crippen molar-refractivity contribution in [1.82, 2.24) is 0 Å². The second-order valence-corrected chi connectivity index (χ2v) is 2.89. The number of aliphatic hydroxyl groups is 1. The van der Waals surface area contributed by atoms with Crippen molar-refractivity contribution in [3.8, 4) is 0 Å². The van der Waals surface area contributed by atoms with Gasteiger partial charge in [0.2, 0.25) is 0 Å². The van der Waals surface area contributed by atoms with Gasteiger partial charge < -0.3 is 5.11 Å². The molecule has 0 radical (unpaired) electrons. The Kier molecular flexibility index (Phi) is 6.61. The molecule has 1 N–H and O–H groups in total. The normalized spacial score (nSPS) is 11.6. The fraction of sp³-hybridized carbons (Fsp3) is 0.778. The Morgan fingerprint density at radius 3 is 2.50 bits per heavy atom. The molecule has 0 spiro atoms. The van der Waals surface area contributed by atoms with E-state index in [1.807, 2.05) is 0 Å². The first-order valence-electron chi connectivity index (χ1n) is 4.05. The van der Waals surface area contributed by atoms with Gasteiger partial charge in [-0.05, 0) is 25.2 Å². The third kappa shape index (κ3) is 7.70. The molecule has 1 heteroatoms. The van der Waals surface area contributed by atoms with E-state index in [9.17, 15) is 0 Å². The van der Waals surface area contributed by atoms with Crippen LogP contribution in [0.3, 0.4) is 0 Å². The summed E-state index contributed by atoms with van der Waals surface area (Å²) >= 11 is 0. The molecule has 10 heavy (non-hydrogen) atoms. The molecule has 0 bridgehead atoms. The van der Waals surface area contributed by atoms with Gasteiger partial charge in [0.25, 0.3) is 0 Å². The number of unbranched alkanes of at least 4 members (excludes halogenated alkanes) is 2. The molecule has 0 saturated carbocycles. The molecular formula is C9H18O. The third-order valence-corrected chi connectivity index (χ3v) is 1.30. The Morgan fingerprint density at radius 1 is 1.30 bits per heavy atom. The van der Waals surface area contributed by atoms with Crippen molar-refractivity contribution >= 4 is 0 Å². The highest BCUT2D eigenvalue weighted by Crippen LogP contribution is 1.99. The lowest BCUT2D eigenvalue weighted by Crippen LogP contribution is -1.81. The van der Waals surface area contributed by atoms with Gasteiger partial charge in [-0.1, -0.05) is 26.0 Å². The van der Waals surface area contributed by atoms with Crippen LogP contribution in [-0.2, 0) is 0 Å². The maximum atomic E-state index is 8.45. The minimum atomic E-state index is 0.329. The summed E-state index contributed by atoms with van der Waals surface area (Å²) in [6, 6.07) is 0. The Balaban J connectivity index is 3.02. The quantitative estimate of drug-likeness (QED) is 0.461. The summed E-state index contributed by atoms with van der Waals surface area (Å²) in [4.78, 5) is 0. The third-order valence-electron chi connectivity index (χ3n) is 1.30. The lowest BCUT2D eigenvalue weighted by Gasteiger charge is -1.93. The predicted molar refractivity (Wildman–Crippen MR) is 44.9 cm³/mol. The van der Waals surface area contributed by atoms with Gasteiger partial charge in [-0.2, -0.15) is 0 Å². The zero-order chi connectivity index (χ0) is 7.82. The highest BCUT2D eigenvalue weighted by Gasteiger charge is 1.84. The number of rotatable bonds is 5. The summed E-state index contributed by atoms with van der Waals surface area (Å²) in [6.45, 7) is 4.67. The molecule has 0 aliphatic heterocycles. The van der Waals surface area contributed by atoms with Gasteiger partial charge in [0, 0.05) is 6.61 Å². The van der Waals surface area contributed by atoms with Crippen LogP contribution in [0.15, 0.2) is 12.2 Å². The minimum absolute atomic E-state index is 0.329. The molecule has 1 nitrogen and oxygen atoms in total. The molecule has 0 rings (SSSR count). The van der Waals surface area contributed by atoms with E-state index >= 15 is 0 Å². The van der Waals surface area contributed by atoms with Gasteiger partial charge in [-0.25, -0.2) is 0 Å². The maximum Gasteiger partial charge on any atom is 0.0431 e. The van der Waals surface area contributed by atoms with Crippen LogP contribution in [0.1, 0.15) is 33.1 Å². The van der Waals surface area contributed by atoms with Crippen LogP contribution >= 0.6 is 0 Å². The zero-order valence-electron chi connectivity index (χ0n) is 7.01. The van der Waals surface area contributed by atoms with Gasteiger partial charge in [-0.3, -0.25) is 0 Å². The molecule has 0 unspecified atom stereocenters. The van der Waals surface area contributed by atoms with Crippen molar-refractivity contribution in [3.05, 3.63) is 12.2 Å². The lowest BCUT2D eigenvalue weighted by atomic mass is 10.1. The molecule has 0 aromatic carbocycles. The van der Waals surface area contributed by atoms with E-state index in [0.717, 1.165) is 19.3 Å². The molecule has 0 heterocycles. The first-order chi connectivity index (χ1) is 4.77. The number of allylic oxidation sites excluding steroid dienone is 2. The van der Waals surface area contributed by atoms with Crippen molar-refractivity contribution in [2.75, 3.05) is 6.61 Å². The van der Waals surface area contributed by atoms with E-state index in [4.69, 9.17) is 5.11 Å². The molecule has 0 aromatic rings. The summed E-state index contributed by atoms with van der Waals surface area (Å²) in [5, 5.41) is 8.45. The minimum Gasteiger partial charge on any atom is -0.396 e. The molecule has 0 atom stereocenters. The van der Waals surface area contributed by atoms with Crippen LogP contribution in [0.25, 0.3) is 0 Å². The van der Waals surface area contributed by atoms with E-state index in [2.05, 4.69) is 26.0 Å². The van der Waals surface area contributed by atoms with E-state index in [-0.39, 0.29) is 0 Å². The SMILES string of the molecule is CC(C)C=CCCCCO. The highest BCUT2D eigenvalue weighted by molar-refractivity contribution is 4.83. The number of aliphatic hydroxyl groups excluding tert-OH is 1. The fourth-order valence-corrected chi connectivity index (χ4v) is 0.742. The van der Waals surface area contributed by atoms with Crippen molar-refractivity contribution in [3.63, 3.8) is 0 Å². The van der Waals surface area contributed by atoms with E-state index < -0.39 is 0 Å². The van der Waals surface area contributed by atoms with Crippen molar-refractivity contribution in [1.29, 1.82) is 0 Å². The van der Waals surface area contributed by atoms with Crippen LogP contribution in [0.4, 0.5) is 0 Å². The molecule has 0 aromatic heterocycles. The summed E-state index contributed by atoms with van der Waals surface area (Å²) in [7, 11) is 0. The second-order valence-electron chi connectivity index (χ2n) is 2.89. The van der Waals surface area contributed by atoms with E-state index in [0.29, 0.717) is 12.5 Å². The van der Waals surface area contributed by atoms with Crippen LogP contribution < -0.4 is 0 Å². The highest BCUT2D eigenvalue weighted by atomic mass is 16.2. The predicted octanol–water partition coefficient (Wildman–Crippen LogP) is 2.36. The first kappa shape index (κ1) is 9.70. The van der Waals surface area contributed by atoms with E-state index in [1.165, 1.54) is 0 Å². The first-order valence-corrected chi connectivity index (χ1v) is 4.05. The van der Waals surface area contributed by atoms with Gasteiger partial charge in [0.05, 0.1) is 0 Å². The summed E-state index contributed by atoms with van der Waals surface area (Å²) in [5.41, 5.74) is 0. The average Bonchev–Trinajstić information content (AvgIpc) is 1.87. The zero-order valence-corrected chi connectivity index (χ0v) is 7.01. The van der Waals surface area contributed by atoms with Crippen molar-refractivity contribution in [2.45, 2.75) is 33.1 Å². The summed E-state index contributed by atoms with van der Waals surface area (Å²) < 4.78 is 0. The Hall–Kier alpha value is -0.300.